The van der Waals surface area contributed by atoms with Crippen LogP contribution in [0.5, 0.6) is 0 Å². The van der Waals surface area contributed by atoms with Crippen molar-refractivity contribution in [1.29, 1.82) is 0 Å². The van der Waals surface area contributed by atoms with Gasteiger partial charge in [0.2, 0.25) is 0 Å². The van der Waals surface area contributed by atoms with Crippen molar-refractivity contribution in [3.8, 4) is 10.4 Å². The summed E-state index contributed by atoms with van der Waals surface area (Å²) in [6.07, 6.45) is 3.26. The highest BCUT2D eigenvalue weighted by Gasteiger charge is 2.22. The molecule has 1 atom stereocenters. The monoisotopic (exact) mass is 436 g/mol. The van der Waals surface area contributed by atoms with Crippen molar-refractivity contribution in [1.82, 2.24) is 5.32 Å². The Morgan fingerprint density at radius 2 is 1.93 bits per heavy atom. The number of thiophene rings is 1. The van der Waals surface area contributed by atoms with Crippen LogP contribution in [0.25, 0.3) is 10.4 Å². The highest BCUT2D eigenvalue weighted by Crippen LogP contribution is 2.36. The maximum absolute atomic E-state index is 12.5. The molecule has 154 valence electrons. The van der Waals surface area contributed by atoms with Crippen molar-refractivity contribution in [3.63, 3.8) is 0 Å². The van der Waals surface area contributed by atoms with E-state index >= 15 is 0 Å². The van der Waals surface area contributed by atoms with E-state index in [4.69, 9.17) is 17.0 Å². The highest BCUT2D eigenvalue weighted by atomic mass is 32.1. The van der Waals surface area contributed by atoms with E-state index in [1.807, 2.05) is 43.3 Å². The lowest BCUT2D eigenvalue weighted by Crippen LogP contribution is -2.34. The van der Waals surface area contributed by atoms with Crippen molar-refractivity contribution in [2.24, 2.45) is 0 Å². The molecule has 0 saturated heterocycles. The Morgan fingerprint density at radius 3 is 2.73 bits per heavy atom. The van der Waals surface area contributed by atoms with Crippen LogP contribution in [0.2, 0.25) is 0 Å². The number of anilines is 1. The third kappa shape index (κ3) is 4.55. The number of hydrogen-bond acceptors (Lipinski definition) is 4. The van der Waals surface area contributed by atoms with Crippen molar-refractivity contribution in [3.05, 3.63) is 77.4 Å². The normalized spacial score (nSPS) is 15.2. The zero-order valence-corrected chi connectivity index (χ0v) is 18.4. The lowest BCUT2D eigenvalue weighted by Gasteiger charge is -2.27. The van der Waals surface area contributed by atoms with Crippen LogP contribution in [-0.2, 0) is 11.2 Å². The zero-order chi connectivity index (χ0) is 20.9. The van der Waals surface area contributed by atoms with Crippen LogP contribution in [0, 0.1) is 0 Å². The van der Waals surface area contributed by atoms with Crippen LogP contribution in [-0.4, -0.2) is 17.7 Å². The van der Waals surface area contributed by atoms with Crippen LogP contribution in [0.4, 0.5) is 5.00 Å². The molecule has 1 aromatic heterocycles. The second-order valence-electron chi connectivity index (χ2n) is 7.18. The second-order valence-corrected chi connectivity index (χ2v) is 8.64. The molecule has 0 radical (unpaired) electrons. The van der Waals surface area contributed by atoms with Gasteiger partial charge in [-0.15, -0.1) is 11.3 Å². The zero-order valence-electron chi connectivity index (χ0n) is 16.8. The molecule has 0 aliphatic heterocycles. The molecule has 1 heterocycles. The van der Waals surface area contributed by atoms with Gasteiger partial charge in [-0.25, -0.2) is 4.79 Å². The number of esters is 1. The van der Waals surface area contributed by atoms with Crippen LogP contribution in [0.3, 0.4) is 0 Å². The number of carbonyl (C=O) groups is 1. The minimum atomic E-state index is -0.343. The minimum absolute atomic E-state index is 0.176. The van der Waals surface area contributed by atoms with Crippen molar-refractivity contribution < 1.29 is 9.53 Å². The molecule has 0 bridgehead atoms. The Kier molecular flexibility index (Phi) is 6.45. The first-order valence-electron chi connectivity index (χ1n) is 10.2. The van der Waals surface area contributed by atoms with E-state index in [9.17, 15) is 4.79 Å². The number of nitrogens with one attached hydrogen (secondary N) is 2. The fourth-order valence-corrected chi connectivity index (χ4v) is 5.16. The first-order valence-corrected chi connectivity index (χ1v) is 11.4. The van der Waals surface area contributed by atoms with Gasteiger partial charge in [-0.3, -0.25) is 0 Å². The van der Waals surface area contributed by atoms with Crippen LogP contribution in [0.15, 0.2) is 60.7 Å². The number of benzene rings is 2. The molecule has 0 saturated carbocycles. The summed E-state index contributed by atoms with van der Waals surface area (Å²) in [6, 6.07) is 20.6. The van der Waals surface area contributed by atoms with E-state index in [1.54, 1.807) is 0 Å². The molecule has 2 aromatic carbocycles. The Morgan fingerprint density at radius 1 is 1.17 bits per heavy atom. The molecule has 30 heavy (non-hydrogen) atoms. The third-order valence-electron chi connectivity index (χ3n) is 5.19. The van der Waals surface area contributed by atoms with Crippen molar-refractivity contribution in [2.45, 2.75) is 32.2 Å². The van der Waals surface area contributed by atoms with E-state index in [-0.39, 0.29) is 12.0 Å². The fourth-order valence-electron chi connectivity index (χ4n) is 3.79. The van der Waals surface area contributed by atoms with Gasteiger partial charge in [0, 0.05) is 4.88 Å². The number of carbonyl (C=O) groups excluding carboxylic acids is 1. The van der Waals surface area contributed by atoms with Gasteiger partial charge in [0.05, 0.1) is 18.2 Å². The Bertz CT molecular complexity index is 1050. The van der Waals surface area contributed by atoms with Gasteiger partial charge in [0.1, 0.15) is 5.00 Å². The lowest BCUT2D eigenvalue weighted by molar-refractivity contribution is 0.0528. The summed E-state index contributed by atoms with van der Waals surface area (Å²) in [5.74, 6) is -0.343. The molecular weight excluding hydrogens is 412 g/mol. The average Bonchev–Trinajstić information content (AvgIpc) is 3.18. The summed E-state index contributed by atoms with van der Waals surface area (Å²) in [5.41, 5.74) is 4.24. The Hall–Kier alpha value is -2.70. The standard InChI is InChI=1S/C24H24N2O2S2/c1-2-28-23(27)19-15-21(17-10-4-3-5-11-17)30-22(19)26-24(29)25-20-14-8-12-16-9-6-7-13-18(16)20/h3-7,9-11,13,15,20H,2,8,12,14H2,1H3,(H2,25,26,29). The molecule has 2 N–H and O–H groups in total. The molecule has 1 aliphatic rings. The topological polar surface area (TPSA) is 50.4 Å². The van der Waals surface area contributed by atoms with Gasteiger partial charge >= 0.3 is 5.97 Å². The maximum Gasteiger partial charge on any atom is 0.341 e. The summed E-state index contributed by atoms with van der Waals surface area (Å²) in [6.45, 7) is 2.14. The summed E-state index contributed by atoms with van der Waals surface area (Å²) in [5, 5.41) is 7.92. The molecule has 3 aromatic rings. The number of ether oxygens (including phenoxy) is 1. The fraction of sp³-hybridized carbons (Fsp3) is 0.250. The molecule has 1 unspecified atom stereocenters. The Balaban J connectivity index is 1.55. The van der Waals surface area contributed by atoms with Crippen LogP contribution < -0.4 is 10.6 Å². The minimum Gasteiger partial charge on any atom is -0.462 e. The van der Waals surface area contributed by atoms with Gasteiger partial charge in [0.25, 0.3) is 0 Å². The van der Waals surface area contributed by atoms with Gasteiger partial charge < -0.3 is 15.4 Å². The number of rotatable bonds is 5. The second kappa shape index (κ2) is 9.41. The first-order chi connectivity index (χ1) is 14.7. The molecule has 4 rings (SSSR count). The van der Waals surface area contributed by atoms with E-state index in [1.165, 1.54) is 22.5 Å². The van der Waals surface area contributed by atoms with E-state index in [2.05, 4.69) is 34.9 Å². The van der Waals surface area contributed by atoms with Gasteiger partial charge in [0.15, 0.2) is 5.11 Å². The van der Waals surface area contributed by atoms with Crippen molar-refractivity contribution in [2.75, 3.05) is 11.9 Å². The summed E-state index contributed by atoms with van der Waals surface area (Å²) in [7, 11) is 0. The summed E-state index contributed by atoms with van der Waals surface area (Å²) >= 11 is 7.12. The number of hydrogen-bond donors (Lipinski definition) is 2. The number of aryl methyl sites for hydroxylation is 1. The molecule has 6 heteroatoms. The van der Waals surface area contributed by atoms with E-state index in [0.29, 0.717) is 22.3 Å². The molecule has 0 spiro atoms. The number of thiocarbonyl (C=S) groups is 1. The molecule has 1 aliphatic carbocycles. The quantitative estimate of drug-likeness (QED) is 0.382. The molecule has 0 fully saturated rings. The summed E-state index contributed by atoms with van der Waals surface area (Å²) < 4.78 is 5.26. The SMILES string of the molecule is CCOC(=O)c1cc(-c2ccccc2)sc1NC(=S)NC1CCCc2ccccc21. The maximum atomic E-state index is 12.5. The smallest absolute Gasteiger partial charge is 0.341 e. The van der Waals surface area contributed by atoms with Crippen molar-refractivity contribution >= 4 is 39.6 Å². The predicted molar refractivity (Wildman–Crippen MR) is 127 cm³/mol. The molecule has 0 amide bonds. The predicted octanol–water partition coefficient (Wildman–Crippen LogP) is 5.96. The van der Waals surface area contributed by atoms with Gasteiger partial charge in [-0.2, -0.15) is 0 Å². The van der Waals surface area contributed by atoms with Gasteiger partial charge in [-0.1, -0.05) is 54.6 Å². The highest BCUT2D eigenvalue weighted by molar-refractivity contribution is 7.80. The third-order valence-corrected chi connectivity index (χ3v) is 6.51. The van der Waals surface area contributed by atoms with Gasteiger partial charge in [-0.05, 0) is 61.2 Å². The lowest BCUT2D eigenvalue weighted by atomic mass is 9.88. The summed E-state index contributed by atoms with van der Waals surface area (Å²) in [4.78, 5) is 13.5. The molecule has 4 nitrogen and oxygen atoms in total. The average molecular weight is 437 g/mol. The number of fused-ring (bicyclic) bond motifs is 1. The molecular formula is C24H24N2O2S2. The van der Waals surface area contributed by atoms with Crippen LogP contribution >= 0.6 is 23.6 Å². The first kappa shape index (κ1) is 20.6. The van der Waals surface area contributed by atoms with E-state index < -0.39 is 0 Å². The Labute approximate surface area is 186 Å². The van der Waals surface area contributed by atoms with Crippen LogP contribution in [0.1, 0.15) is 47.3 Å². The largest absolute Gasteiger partial charge is 0.462 e. The van der Waals surface area contributed by atoms with E-state index in [0.717, 1.165) is 29.7 Å².